The third kappa shape index (κ3) is 5.30. The Morgan fingerprint density at radius 2 is 1.52 bits per heavy atom. The van der Waals surface area contributed by atoms with Crippen molar-refractivity contribution in [3.05, 3.63) is 100 Å². The van der Waals surface area contributed by atoms with E-state index in [0.29, 0.717) is 16.9 Å². The number of amides is 1. The highest BCUT2D eigenvalue weighted by molar-refractivity contribution is 5.94. The van der Waals surface area contributed by atoms with Gasteiger partial charge in [0, 0.05) is 17.7 Å². The Labute approximate surface area is 164 Å². The summed E-state index contributed by atoms with van der Waals surface area (Å²) in [6.45, 7) is 0. The zero-order valence-corrected chi connectivity index (χ0v) is 14.9. The maximum atomic E-state index is 12.0. The lowest BCUT2D eigenvalue weighted by atomic mass is 10.2. The molecule has 0 fully saturated rings. The van der Waals surface area contributed by atoms with Gasteiger partial charge < -0.3 is 4.84 Å². The van der Waals surface area contributed by atoms with Crippen LogP contribution in [0, 0.1) is 10.1 Å². The van der Waals surface area contributed by atoms with E-state index in [-0.39, 0.29) is 11.3 Å². The van der Waals surface area contributed by atoms with Crippen molar-refractivity contribution in [2.24, 2.45) is 10.2 Å². The molecule has 0 aliphatic rings. The summed E-state index contributed by atoms with van der Waals surface area (Å²) in [4.78, 5) is 38.9. The molecule has 0 saturated carbocycles. The zero-order valence-electron chi connectivity index (χ0n) is 14.9. The highest BCUT2D eigenvalue weighted by Gasteiger charge is 2.09. The second-order valence-corrected chi connectivity index (χ2v) is 5.71. The van der Waals surface area contributed by atoms with E-state index in [1.54, 1.807) is 54.6 Å². The summed E-state index contributed by atoms with van der Waals surface area (Å²) >= 11 is 0. The smallest absolute Gasteiger partial charge is 0.338 e. The molecule has 3 rings (SSSR count). The Morgan fingerprint density at radius 3 is 2.14 bits per heavy atom. The van der Waals surface area contributed by atoms with Gasteiger partial charge in [-0.3, -0.25) is 14.9 Å². The van der Waals surface area contributed by atoms with E-state index in [0.717, 1.165) is 0 Å². The van der Waals surface area contributed by atoms with Gasteiger partial charge in [0.15, 0.2) is 0 Å². The van der Waals surface area contributed by atoms with E-state index in [2.05, 4.69) is 15.7 Å². The molecule has 0 aliphatic heterocycles. The normalized spacial score (nSPS) is 10.5. The topological polar surface area (TPSA) is 123 Å². The van der Waals surface area contributed by atoms with Crippen molar-refractivity contribution in [2.45, 2.75) is 0 Å². The van der Waals surface area contributed by atoms with E-state index in [4.69, 9.17) is 4.84 Å². The number of nitrogens with one attached hydrogen (secondary N) is 1. The van der Waals surface area contributed by atoms with E-state index < -0.39 is 16.8 Å². The fraction of sp³-hybridized carbons (Fsp3) is 0. The lowest BCUT2D eigenvalue weighted by Gasteiger charge is -2.06. The number of carbonyl (C=O) groups is 2. The predicted molar refractivity (Wildman–Crippen MR) is 104 cm³/mol. The second-order valence-electron chi connectivity index (χ2n) is 5.71. The molecule has 3 aromatic rings. The Kier molecular flexibility index (Phi) is 6.01. The van der Waals surface area contributed by atoms with Crippen LogP contribution in [0.3, 0.4) is 0 Å². The lowest BCUT2D eigenvalue weighted by molar-refractivity contribution is -0.384. The quantitative estimate of drug-likeness (QED) is 0.369. The Hall–Kier alpha value is -4.40. The molecule has 1 N–H and O–H groups in total. The van der Waals surface area contributed by atoms with Crippen LogP contribution in [-0.4, -0.2) is 16.8 Å². The van der Waals surface area contributed by atoms with Crippen LogP contribution in [0.5, 0.6) is 0 Å². The number of nitro groups is 1. The summed E-state index contributed by atoms with van der Waals surface area (Å²) in [6, 6.07) is 19.9. The molecule has 0 bridgehead atoms. The first-order chi connectivity index (χ1) is 14.0. The van der Waals surface area contributed by atoms with Gasteiger partial charge in [0.1, 0.15) is 0 Å². The number of azo groups is 1. The van der Waals surface area contributed by atoms with Crippen molar-refractivity contribution in [1.82, 2.24) is 0 Å². The fourth-order valence-electron chi connectivity index (χ4n) is 2.22. The number of nitro benzene ring substituents is 1. The van der Waals surface area contributed by atoms with Gasteiger partial charge in [0.05, 0.1) is 21.9 Å². The average Bonchev–Trinajstić information content (AvgIpc) is 2.77. The minimum atomic E-state index is -0.626. The van der Waals surface area contributed by atoms with Gasteiger partial charge in [-0.25, -0.2) is 10.3 Å². The highest BCUT2D eigenvalue weighted by Crippen LogP contribution is 2.18. The van der Waals surface area contributed by atoms with E-state index >= 15 is 0 Å². The van der Waals surface area contributed by atoms with Gasteiger partial charge in [0.2, 0.25) is 0 Å². The lowest BCUT2D eigenvalue weighted by Crippen LogP contribution is -2.10. The first-order valence-electron chi connectivity index (χ1n) is 8.36. The number of carbonyl (C=O) groups excluding carboxylic acids is 2. The average molecular weight is 390 g/mol. The minimum Gasteiger partial charge on any atom is -0.338 e. The largest absolute Gasteiger partial charge is 0.362 e. The van der Waals surface area contributed by atoms with Gasteiger partial charge in [-0.15, -0.1) is 10.2 Å². The third-order valence-corrected chi connectivity index (χ3v) is 3.72. The molecule has 9 heteroatoms. The molecular formula is C20H14N4O5. The zero-order chi connectivity index (χ0) is 20.6. The number of nitrogens with zero attached hydrogens (tertiary/aromatic N) is 3. The first-order valence-corrected chi connectivity index (χ1v) is 8.36. The van der Waals surface area contributed by atoms with Gasteiger partial charge >= 0.3 is 5.97 Å². The van der Waals surface area contributed by atoms with Gasteiger partial charge in [-0.1, -0.05) is 18.2 Å². The maximum Gasteiger partial charge on any atom is 0.362 e. The van der Waals surface area contributed by atoms with E-state index in [9.17, 15) is 19.7 Å². The van der Waals surface area contributed by atoms with E-state index in [1.807, 2.05) is 0 Å². The molecule has 0 atom stereocenters. The summed E-state index contributed by atoms with van der Waals surface area (Å²) in [5, 5.41) is 18.0. The summed E-state index contributed by atoms with van der Waals surface area (Å²) in [5.74, 6) is -1.15. The summed E-state index contributed by atoms with van der Waals surface area (Å²) in [6.07, 6.45) is 0. The van der Waals surface area contributed by atoms with Crippen LogP contribution in [0.1, 0.15) is 20.7 Å². The molecule has 0 radical (unpaired) electrons. The number of benzene rings is 3. The molecule has 9 nitrogen and oxygen atoms in total. The van der Waals surface area contributed by atoms with E-state index in [1.165, 1.54) is 24.3 Å². The second kappa shape index (κ2) is 9.00. The number of hydrogen-bond acceptors (Lipinski definition) is 7. The van der Waals surface area contributed by atoms with Crippen molar-refractivity contribution >= 4 is 28.9 Å². The SMILES string of the molecule is O=C(N=Nc1ccc(NOC(=O)c2ccccc2)cc1)c1ccc([N+](=O)[O-])cc1. The monoisotopic (exact) mass is 390 g/mol. The predicted octanol–water partition coefficient (Wildman–Crippen LogP) is 4.70. The molecular weight excluding hydrogens is 376 g/mol. The number of non-ortho nitro benzene ring substituents is 1. The van der Waals surface area contributed by atoms with Crippen LogP contribution in [0.4, 0.5) is 17.1 Å². The van der Waals surface area contributed by atoms with Crippen LogP contribution in [0.15, 0.2) is 89.1 Å². The standard InChI is InChI=1S/C20H14N4O5/c25-19(14-6-12-18(13-7-14)24(27)28)22-21-16-8-10-17(11-9-16)23-29-20(26)15-4-2-1-3-5-15/h1-13,23H. The Bertz CT molecular complexity index is 1050. The van der Waals surface area contributed by atoms with Crippen molar-refractivity contribution in [3.8, 4) is 0 Å². The summed E-state index contributed by atoms with van der Waals surface area (Å²) in [5.41, 5.74) is 3.93. The van der Waals surface area contributed by atoms with Crippen molar-refractivity contribution < 1.29 is 19.3 Å². The van der Waals surface area contributed by atoms with Crippen LogP contribution < -0.4 is 5.48 Å². The molecule has 0 spiro atoms. The molecule has 0 unspecified atom stereocenters. The number of anilines is 1. The molecule has 0 saturated heterocycles. The highest BCUT2D eigenvalue weighted by atomic mass is 16.7. The van der Waals surface area contributed by atoms with Crippen LogP contribution in [0.2, 0.25) is 0 Å². The Balaban J connectivity index is 1.56. The van der Waals surface area contributed by atoms with Crippen LogP contribution >= 0.6 is 0 Å². The first kappa shape index (κ1) is 19.4. The minimum absolute atomic E-state index is 0.116. The molecule has 3 aromatic carbocycles. The third-order valence-electron chi connectivity index (χ3n) is 3.72. The maximum absolute atomic E-state index is 12.0. The Morgan fingerprint density at radius 1 is 0.862 bits per heavy atom. The van der Waals surface area contributed by atoms with Gasteiger partial charge in [0.25, 0.3) is 11.6 Å². The van der Waals surface area contributed by atoms with Crippen molar-refractivity contribution in [2.75, 3.05) is 5.48 Å². The fourth-order valence-corrected chi connectivity index (χ4v) is 2.22. The summed E-state index contributed by atoms with van der Waals surface area (Å²) < 4.78 is 0. The van der Waals surface area contributed by atoms with Gasteiger partial charge in [-0.05, 0) is 48.5 Å². The molecule has 0 heterocycles. The van der Waals surface area contributed by atoms with Crippen molar-refractivity contribution in [3.63, 3.8) is 0 Å². The molecule has 0 aliphatic carbocycles. The molecule has 0 aromatic heterocycles. The number of hydrogen-bond donors (Lipinski definition) is 1. The summed E-state index contributed by atoms with van der Waals surface area (Å²) in [7, 11) is 0. The molecule has 29 heavy (non-hydrogen) atoms. The number of rotatable bonds is 6. The van der Waals surface area contributed by atoms with Gasteiger partial charge in [-0.2, -0.15) is 0 Å². The van der Waals surface area contributed by atoms with Crippen LogP contribution in [0.25, 0.3) is 0 Å². The molecule has 1 amide bonds. The molecule has 144 valence electrons. The van der Waals surface area contributed by atoms with Crippen LogP contribution in [-0.2, 0) is 4.84 Å². The van der Waals surface area contributed by atoms with Crippen molar-refractivity contribution in [1.29, 1.82) is 0 Å².